The number of carbonyl (C=O) groups excluding carboxylic acids is 2. The maximum atomic E-state index is 12.3. The van der Waals surface area contributed by atoms with Crippen LogP contribution in [0.4, 0.5) is 5.69 Å². The lowest BCUT2D eigenvalue weighted by atomic mass is 10.1. The molecule has 150 valence electrons. The highest BCUT2D eigenvalue weighted by molar-refractivity contribution is 7.89. The number of hydrogen-bond acceptors (Lipinski definition) is 4. The van der Waals surface area contributed by atoms with Gasteiger partial charge in [-0.3, -0.25) is 9.59 Å². The van der Waals surface area contributed by atoms with Crippen LogP contribution < -0.4 is 15.4 Å². The fraction of sp³-hybridized carbons (Fsp3) is 0.300. The molecule has 0 heterocycles. The van der Waals surface area contributed by atoms with E-state index < -0.39 is 10.0 Å². The summed E-state index contributed by atoms with van der Waals surface area (Å²) in [4.78, 5) is 24.6. The highest BCUT2D eigenvalue weighted by atomic mass is 32.2. The molecule has 0 aliphatic heterocycles. The van der Waals surface area contributed by atoms with Crippen LogP contribution in [0.15, 0.2) is 59.5 Å². The van der Waals surface area contributed by atoms with Crippen molar-refractivity contribution in [3.05, 3.63) is 60.2 Å². The zero-order valence-electron chi connectivity index (χ0n) is 15.8. The van der Waals surface area contributed by atoms with Gasteiger partial charge in [0, 0.05) is 19.5 Å². The van der Waals surface area contributed by atoms with Crippen molar-refractivity contribution in [1.82, 2.24) is 10.0 Å². The zero-order chi connectivity index (χ0) is 20.4. The summed E-state index contributed by atoms with van der Waals surface area (Å²) in [6.45, 7) is 2.55. The Bertz CT molecular complexity index is 899. The standard InChI is InChI=1S/C20H25N3O4S/c1-2-3-14-21-20(25)17-11-7-8-12-18(17)23-19(24)13-15-22-28(26,27)16-9-5-4-6-10-16/h4-12,22H,2-3,13-15H2,1H3,(H,21,25)(H,23,24). The molecule has 0 aliphatic carbocycles. The van der Waals surface area contributed by atoms with E-state index in [0.717, 1.165) is 12.8 Å². The van der Waals surface area contributed by atoms with Gasteiger partial charge in [0.15, 0.2) is 0 Å². The lowest BCUT2D eigenvalue weighted by Gasteiger charge is -2.12. The summed E-state index contributed by atoms with van der Waals surface area (Å²) in [5, 5.41) is 5.49. The van der Waals surface area contributed by atoms with Gasteiger partial charge in [-0.05, 0) is 30.7 Å². The second-order valence-corrected chi connectivity index (χ2v) is 7.93. The van der Waals surface area contributed by atoms with Crippen LogP contribution in [0.5, 0.6) is 0 Å². The number of carbonyl (C=O) groups is 2. The van der Waals surface area contributed by atoms with Crippen LogP contribution in [-0.2, 0) is 14.8 Å². The average molecular weight is 404 g/mol. The summed E-state index contributed by atoms with van der Waals surface area (Å²) in [5.74, 6) is -0.640. The number of benzene rings is 2. The largest absolute Gasteiger partial charge is 0.352 e. The molecule has 0 unspecified atom stereocenters. The molecule has 0 saturated carbocycles. The summed E-state index contributed by atoms with van der Waals surface area (Å²) in [5.41, 5.74) is 0.768. The molecule has 0 aromatic heterocycles. The minimum absolute atomic E-state index is 0.0477. The van der Waals surface area contributed by atoms with Gasteiger partial charge in [-0.25, -0.2) is 13.1 Å². The summed E-state index contributed by atoms with van der Waals surface area (Å²) in [6.07, 6.45) is 1.79. The number of hydrogen-bond donors (Lipinski definition) is 3. The van der Waals surface area contributed by atoms with Gasteiger partial charge in [0.25, 0.3) is 5.91 Å². The van der Waals surface area contributed by atoms with Gasteiger partial charge < -0.3 is 10.6 Å². The second-order valence-electron chi connectivity index (χ2n) is 6.16. The van der Waals surface area contributed by atoms with Crippen molar-refractivity contribution in [2.75, 3.05) is 18.4 Å². The van der Waals surface area contributed by atoms with E-state index in [9.17, 15) is 18.0 Å². The van der Waals surface area contributed by atoms with E-state index in [1.54, 1.807) is 42.5 Å². The van der Waals surface area contributed by atoms with Gasteiger partial charge in [0.1, 0.15) is 0 Å². The number of rotatable bonds is 10. The highest BCUT2D eigenvalue weighted by Gasteiger charge is 2.15. The molecular formula is C20H25N3O4S. The Morgan fingerprint density at radius 3 is 2.32 bits per heavy atom. The van der Waals surface area contributed by atoms with Crippen molar-refractivity contribution < 1.29 is 18.0 Å². The minimum Gasteiger partial charge on any atom is -0.352 e. The SMILES string of the molecule is CCCCNC(=O)c1ccccc1NC(=O)CCNS(=O)(=O)c1ccccc1. The van der Waals surface area contributed by atoms with E-state index in [0.29, 0.717) is 17.8 Å². The number of sulfonamides is 1. The smallest absolute Gasteiger partial charge is 0.253 e. The Morgan fingerprint density at radius 2 is 1.61 bits per heavy atom. The van der Waals surface area contributed by atoms with Crippen LogP contribution in [-0.4, -0.2) is 33.3 Å². The molecule has 3 N–H and O–H groups in total. The maximum absolute atomic E-state index is 12.3. The third-order valence-corrected chi connectivity index (χ3v) is 5.44. The Morgan fingerprint density at radius 1 is 0.929 bits per heavy atom. The third kappa shape index (κ3) is 6.47. The van der Waals surface area contributed by atoms with Crippen molar-refractivity contribution in [3.63, 3.8) is 0 Å². The normalized spacial score (nSPS) is 11.0. The van der Waals surface area contributed by atoms with Crippen LogP contribution in [0.25, 0.3) is 0 Å². The monoisotopic (exact) mass is 403 g/mol. The quantitative estimate of drug-likeness (QED) is 0.530. The molecule has 2 rings (SSSR count). The molecule has 0 bridgehead atoms. The number of nitrogens with one attached hydrogen (secondary N) is 3. The maximum Gasteiger partial charge on any atom is 0.253 e. The summed E-state index contributed by atoms with van der Waals surface area (Å²) in [7, 11) is -3.66. The predicted molar refractivity (Wildman–Crippen MR) is 109 cm³/mol. The molecule has 2 aromatic rings. The molecule has 0 aliphatic rings. The predicted octanol–water partition coefficient (Wildman–Crippen LogP) is 2.52. The van der Waals surface area contributed by atoms with Gasteiger partial charge in [-0.15, -0.1) is 0 Å². The Labute approximate surface area is 165 Å². The van der Waals surface area contributed by atoms with Crippen molar-refractivity contribution in [2.45, 2.75) is 31.1 Å². The minimum atomic E-state index is -3.66. The third-order valence-electron chi connectivity index (χ3n) is 3.96. The second kappa shape index (κ2) is 10.6. The summed E-state index contributed by atoms with van der Waals surface area (Å²) in [6, 6.07) is 14.7. The average Bonchev–Trinajstić information content (AvgIpc) is 2.69. The molecule has 8 heteroatoms. The number of anilines is 1. The first kappa shape index (κ1) is 21.6. The Hall–Kier alpha value is -2.71. The molecule has 2 aromatic carbocycles. The molecule has 0 spiro atoms. The lowest BCUT2D eigenvalue weighted by Crippen LogP contribution is -2.29. The lowest BCUT2D eigenvalue weighted by molar-refractivity contribution is -0.116. The molecular weight excluding hydrogens is 378 g/mol. The molecule has 7 nitrogen and oxygen atoms in total. The molecule has 28 heavy (non-hydrogen) atoms. The van der Waals surface area contributed by atoms with Crippen LogP contribution in [0, 0.1) is 0 Å². The zero-order valence-corrected chi connectivity index (χ0v) is 16.6. The number of amides is 2. The number of unbranched alkanes of at least 4 members (excludes halogenated alkanes) is 1. The topological polar surface area (TPSA) is 104 Å². The molecule has 0 radical (unpaired) electrons. The summed E-state index contributed by atoms with van der Waals surface area (Å²) < 4.78 is 26.7. The van der Waals surface area contributed by atoms with Gasteiger partial charge >= 0.3 is 0 Å². The Kier molecular flexibility index (Phi) is 8.16. The van der Waals surface area contributed by atoms with E-state index in [1.807, 2.05) is 6.92 Å². The fourth-order valence-electron chi connectivity index (χ4n) is 2.46. The van der Waals surface area contributed by atoms with Crippen molar-refractivity contribution in [3.8, 4) is 0 Å². The van der Waals surface area contributed by atoms with Gasteiger partial charge in [0.2, 0.25) is 15.9 Å². The van der Waals surface area contributed by atoms with Crippen molar-refractivity contribution >= 4 is 27.5 Å². The molecule has 0 atom stereocenters. The van der Waals surface area contributed by atoms with Gasteiger partial charge in [-0.2, -0.15) is 0 Å². The molecule has 2 amide bonds. The van der Waals surface area contributed by atoms with Crippen LogP contribution in [0.1, 0.15) is 36.5 Å². The number of para-hydroxylation sites is 1. The van der Waals surface area contributed by atoms with E-state index in [4.69, 9.17) is 0 Å². The van der Waals surface area contributed by atoms with E-state index in [-0.39, 0.29) is 29.7 Å². The molecule has 0 fully saturated rings. The fourth-order valence-corrected chi connectivity index (χ4v) is 3.51. The van der Waals surface area contributed by atoms with Gasteiger partial charge in [0.05, 0.1) is 16.1 Å². The first-order valence-electron chi connectivity index (χ1n) is 9.16. The highest BCUT2D eigenvalue weighted by Crippen LogP contribution is 2.15. The van der Waals surface area contributed by atoms with Crippen LogP contribution >= 0.6 is 0 Å². The van der Waals surface area contributed by atoms with E-state index in [1.165, 1.54) is 12.1 Å². The van der Waals surface area contributed by atoms with Crippen LogP contribution in [0.3, 0.4) is 0 Å². The van der Waals surface area contributed by atoms with Crippen LogP contribution in [0.2, 0.25) is 0 Å². The Balaban J connectivity index is 1.90. The van der Waals surface area contributed by atoms with Crippen molar-refractivity contribution in [2.24, 2.45) is 0 Å². The molecule has 0 saturated heterocycles. The summed E-state index contributed by atoms with van der Waals surface area (Å²) >= 11 is 0. The first-order chi connectivity index (χ1) is 13.4. The van der Waals surface area contributed by atoms with E-state index >= 15 is 0 Å². The van der Waals surface area contributed by atoms with Crippen molar-refractivity contribution in [1.29, 1.82) is 0 Å². The van der Waals surface area contributed by atoms with E-state index in [2.05, 4.69) is 15.4 Å². The van der Waals surface area contributed by atoms with Gasteiger partial charge in [-0.1, -0.05) is 43.7 Å². The first-order valence-corrected chi connectivity index (χ1v) is 10.6.